The molecule has 46 heavy (non-hydrogen) atoms. The van der Waals surface area contributed by atoms with Crippen molar-refractivity contribution in [3.05, 3.63) is 87.2 Å². The van der Waals surface area contributed by atoms with E-state index in [0.29, 0.717) is 35.8 Å². The number of thiophene rings is 1. The van der Waals surface area contributed by atoms with Crippen molar-refractivity contribution in [2.75, 3.05) is 48.0 Å². The molecule has 4 aromatic rings. The number of allylic oxidation sites excluding steroid dienone is 1. The summed E-state index contributed by atoms with van der Waals surface area (Å²) < 4.78 is 16.7. The van der Waals surface area contributed by atoms with E-state index < -0.39 is 5.97 Å². The fourth-order valence-corrected chi connectivity index (χ4v) is 5.44. The van der Waals surface area contributed by atoms with Crippen LogP contribution in [0.3, 0.4) is 0 Å². The number of esters is 1. The monoisotopic (exact) mass is 643 g/mol. The third-order valence-electron chi connectivity index (χ3n) is 6.85. The van der Waals surface area contributed by atoms with Gasteiger partial charge in [-0.25, -0.2) is 9.78 Å². The fraction of sp³-hybridized carbons (Fsp3) is 0.286. The summed E-state index contributed by atoms with van der Waals surface area (Å²) in [4.78, 5) is 54.2. The number of benzene rings is 2. The van der Waals surface area contributed by atoms with Crippen molar-refractivity contribution in [1.82, 2.24) is 14.8 Å². The molecule has 1 aliphatic heterocycles. The van der Waals surface area contributed by atoms with Crippen LogP contribution < -0.4 is 9.47 Å². The van der Waals surface area contributed by atoms with Crippen LogP contribution in [0.2, 0.25) is 0 Å². The molecule has 240 valence electrons. The molecule has 10 nitrogen and oxygen atoms in total. The predicted octanol–water partition coefficient (Wildman–Crippen LogP) is 5.39. The summed E-state index contributed by atoms with van der Waals surface area (Å²) in [5, 5.41) is 2.79. The minimum Gasteiger partial charge on any atom is -0.486 e. The van der Waals surface area contributed by atoms with Gasteiger partial charge in [-0.3, -0.25) is 14.4 Å². The lowest BCUT2D eigenvalue weighted by Gasteiger charge is -2.22. The Labute approximate surface area is 272 Å². The molecular weight excluding hydrogens is 606 g/mol. The lowest BCUT2D eigenvalue weighted by atomic mass is 9.86. The van der Waals surface area contributed by atoms with E-state index in [2.05, 4.69) is 12.1 Å². The SMILES string of the molecule is CN(C)C=O.CN(C)C=O.O=C(COC(=O)c1c2c(nc3ccccc13)/C(=C\c1cccs1)CCC2)c1ccc2c(c1)OCCO2. The van der Waals surface area contributed by atoms with Gasteiger partial charge in [-0.15, -0.1) is 11.3 Å². The zero-order valence-corrected chi connectivity index (χ0v) is 27.2. The number of hydrogen-bond donors (Lipinski definition) is 0. The van der Waals surface area contributed by atoms with E-state index >= 15 is 0 Å². The van der Waals surface area contributed by atoms with Crippen LogP contribution in [-0.2, 0) is 20.7 Å². The van der Waals surface area contributed by atoms with Gasteiger partial charge in [0.25, 0.3) is 0 Å². The molecule has 0 atom stereocenters. The average Bonchev–Trinajstić information content (AvgIpc) is 3.59. The number of nitrogens with zero attached hydrogens (tertiary/aromatic N) is 3. The van der Waals surface area contributed by atoms with Crippen LogP contribution in [0.5, 0.6) is 11.5 Å². The highest BCUT2D eigenvalue weighted by Crippen LogP contribution is 2.37. The molecule has 3 heterocycles. The topological polar surface area (TPSA) is 115 Å². The van der Waals surface area contributed by atoms with E-state index in [-0.39, 0.29) is 12.4 Å². The molecule has 2 aliphatic rings. The number of ether oxygens (including phenoxy) is 3. The molecule has 2 amide bonds. The number of fused-ring (bicyclic) bond motifs is 3. The molecule has 0 radical (unpaired) electrons. The van der Waals surface area contributed by atoms with Crippen LogP contribution >= 0.6 is 11.3 Å². The van der Waals surface area contributed by atoms with Crippen molar-refractivity contribution in [1.29, 1.82) is 0 Å². The molecule has 1 aliphatic carbocycles. The third kappa shape index (κ3) is 8.79. The molecule has 2 aromatic carbocycles. The minimum absolute atomic E-state index is 0.300. The van der Waals surface area contributed by atoms with Crippen LogP contribution in [0.4, 0.5) is 0 Å². The van der Waals surface area contributed by atoms with E-state index in [1.807, 2.05) is 35.7 Å². The third-order valence-corrected chi connectivity index (χ3v) is 7.67. The van der Waals surface area contributed by atoms with Gasteiger partial charge in [0, 0.05) is 44.0 Å². The Morgan fingerprint density at radius 2 is 1.61 bits per heavy atom. The van der Waals surface area contributed by atoms with Gasteiger partial charge in [0.05, 0.1) is 16.8 Å². The quantitative estimate of drug-likeness (QED) is 0.150. The van der Waals surface area contributed by atoms with Crippen LogP contribution in [0, 0.1) is 0 Å². The summed E-state index contributed by atoms with van der Waals surface area (Å²) in [5.74, 6) is 0.327. The molecule has 0 bridgehead atoms. The summed E-state index contributed by atoms with van der Waals surface area (Å²) in [6.07, 6.45) is 6.20. The second-order valence-electron chi connectivity index (χ2n) is 10.9. The van der Waals surface area contributed by atoms with Gasteiger partial charge in [-0.05, 0) is 72.2 Å². The normalized spacial score (nSPS) is 13.6. The maximum atomic E-state index is 13.5. The molecule has 0 fully saturated rings. The first-order valence-corrected chi connectivity index (χ1v) is 15.6. The number of hydrogen-bond acceptors (Lipinski definition) is 9. The first kappa shape index (κ1) is 33.9. The van der Waals surface area contributed by atoms with Crippen molar-refractivity contribution in [3.8, 4) is 11.5 Å². The second kappa shape index (κ2) is 16.3. The second-order valence-corrected chi connectivity index (χ2v) is 11.8. The van der Waals surface area contributed by atoms with Crippen molar-refractivity contribution < 1.29 is 33.4 Å². The molecule has 0 N–H and O–H groups in total. The van der Waals surface area contributed by atoms with E-state index in [1.165, 1.54) is 9.80 Å². The van der Waals surface area contributed by atoms with Gasteiger partial charge in [0.1, 0.15) is 13.2 Å². The van der Waals surface area contributed by atoms with Crippen LogP contribution in [0.1, 0.15) is 49.7 Å². The Balaban J connectivity index is 0.000000421. The number of carbonyl (C=O) groups excluding carboxylic acids is 4. The van der Waals surface area contributed by atoms with Crippen molar-refractivity contribution in [3.63, 3.8) is 0 Å². The number of carbonyl (C=O) groups is 4. The number of aromatic nitrogens is 1. The smallest absolute Gasteiger partial charge is 0.339 e. The number of pyridine rings is 1. The van der Waals surface area contributed by atoms with E-state index in [1.54, 1.807) is 57.7 Å². The first-order valence-electron chi connectivity index (χ1n) is 14.7. The lowest BCUT2D eigenvalue weighted by Crippen LogP contribution is -2.19. The summed E-state index contributed by atoms with van der Waals surface area (Å²) in [5.41, 5.74) is 4.50. The van der Waals surface area contributed by atoms with Gasteiger partial charge < -0.3 is 24.0 Å². The largest absolute Gasteiger partial charge is 0.486 e. The van der Waals surface area contributed by atoms with E-state index in [0.717, 1.165) is 64.7 Å². The zero-order chi connectivity index (χ0) is 33.1. The van der Waals surface area contributed by atoms with Crippen LogP contribution in [-0.4, -0.2) is 87.4 Å². The Bertz CT molecular complexity index is 1700. The van der Waals surface area contributed by atoms with Gasteiger partial charge in [-0.1, -0.05) is 24.3 Å². The van der Waals surface area contributed by atoms with Crippen molar-refractivity contribution >= 4 is 58.5 Å². The van der Waals surface area contributed by atoms with E-state index in [9.17, 15) is 19.2 Å². The summed E-state index contributed by atoms with van der Waals surface area (Å²) >= 11 is 1.67. The van der Waals surface area contributed by atoms with E-state index in [4.69, 9.17) is 19.2 Å². The molecule has 0 spiro atoms. The Morgan fingerprint density at radius 1 is 0.913 bits per heavy atom. The minimum atomic E-state index is -0.506. The zero-order valence-electron chi connectivity index (χ0n) is 26.4. The number of amides is 2. The summed E-state index contributed by atoms with van der Waals surface area (Å²) in [6, 6.07) is 16.7. The highest BCUT2D eigenvalue weighted by molar-refractivity contribution is 7.10. The number of rotatable bonds is 7. The van der Waals surface area contributed by atoms with Gasteiger partial charge in [0.15, 0.2) is 23.9 Å². The molecule has 0 unspecified atom stereocenters. The van der Waals surface area contributed by atoms with Crippen LogP contribution in [0.25, 0.3) is 22.6 Å². The molecule has 6 rings (SSSR count). The van der Waals surface area contributed by atoms with Gasteiger partial charge >= 0.3 is 5.97 Å². The maximum Gasteiger partial charge on any atom is 0.339 e. The standard InChI is InChI=1S/C29H23NO5S.2C3H7NO/c31-24(18-10-11-25-26(16-18)34-13-12-33-25)17-35-29(32)27-21-7-1-2-9-23(21)30-28-19(5-3-8-22(27)28)15-20-6-4-14-36-20;2*1-4(2)3-5/h1-2,4,6-7,9-11,14-16H,3,5,8,12-13,17H2;2*3H,1-2H3/b19-15-;;. The number of Topliss-reactive ketones (excluding diaryl/α,β-unsaturated/α-hetero) is 1. The lowest BCUT2D eigenvalue weighted by molar-refractivity contribution is -0.116. The molecular formula is C35H37N3O7S. The van der Waals surface area contributed by atoms with Crippen molar-refractivity contribution in [2.24, 2.45) is 0 Å². The first-order chi connectivity index (χ1) is 22.2. The van der Waals surface area contributed by atoms with Gasteiger partial charge in [-0.2, -0.15) is 0 Å². The molecule has 0 saturated carbocycles. The Hall–Kier alpha value is -5.03. The van der Waals surface area contributed by atoms with Crippen molar-refractivity contribution in [2.45, 2.75) is 19.3 Å². The van der Waals surface area contributed by atoms with Gasteiger partial charge in [0.2, 0.25) is 12.8 Å². The molecule has 0 saturated heterocycles. The molecule has 2 aromatic heterocycles. The highest BCUT2D eigenvalue weighted by atomic mass is 32.1. The average molecular weight is 644 g/mol. The maximum absolute atomic E-state index is 13.5. The highest BCUT2D eigenvalue weighted by Gasteiger charge is 2.27. The molecule has 11 heteroatoms. The number of ketones is 1. The Kier molecular flexibility index (Phi) is 12.0. The summed E-state index contributed by atoms with van der Waals surface area (Å²) in [7, 11) is 6.75. The fourth-order valence-electron chi connectivity index (χ4n) is 4.76. The predicted molar refractivity (Wildman–Crippen MR) is 178 cm³/mol. The Morgan fingerprint density at radius 3 is 2.28 bits per heavy atom. The number of para-hydroxylation sites is 1. The summed E-state index contributed by atoms with van der Waals surface area (Å²) in [6.45, 7) is 0.552. The van der Waals surface area contributed by atoms with Crippen LogP contribution in [0.15, 0.2) is 60.0 Å².